The number of halogens is 1. The van der Waals surface area contributed by atoms with Crippen molar-refractivity contribution in [3.05, 3.63) is 28.8 Å². The highest BCUT2D eigenvalue weighted by atomic mass is 35.5. The number of aromatic nitrogens is 4. The minimum Gasteiger partial charge on any atom is -0.364 e. The van der Waals surface area contributed by atoms with Crippen molar-refractivity contribution < 1.29 is 9.59 Å². The minimum absolute atomic E-state index is 0.00140. The van der Waals surface area contributed by atoms with Gasteiger partial charge in [-0.05, 0) is 6.92 Å². The Kier molecular flexibility index (Phi) is 3.75. The van der Waals surface area contributed by atoms with Gasteiger partial charge in [0.15, 0.2) is 5.69 Å². The average molecular weight is 297 g/mol. The standard InChI is InChI=1S/C11H13ClN6O2/c1-3-18-5-7(8(16-18)10(13)19)15-11(20)9-6(12)4-14-17(9)2/h4-5H,3H2,1-2H3,(H2,13,19)(H,15,20). The number of hydrogen-bond donors (Lipinski definition) is 2. The van der Waals surface area contributed by atoms with Crippen LogP contribution in [0.4, 0.5) is 5.69 Å². The van der Waals surface area contributed by atoms with Crippen LogP contribution in [0.2, 0.25) is 5.02 Å². The molecule has 2 aromatic rings. The molecule has 2 aromatic heterocycles. The van der Waals surface area contributed by atoms with Crippen molar-refractivity contribution in [2.45, 2.75) is 13.5 Å². The van der Waals surface area contributed by atoms with E-state index >= 15 is 0 Å². The topological polar surface area (TPSA) is 108 Å². The average Bonchev–Trinajstić information content (AvgIpc) is 2.93. The first-order valence-corrected chi connectivity index (χ1v) is 6.18. The molecule has 0 saturated heterocycles. The smallest absolute Gasteiger partial charge is 0.275 e. The molecular formula is C11H13ClN6O2. The third-order valence-corrected chi connectivity index (χ3v) is 2.95. The lowest BCUT2D eigenvalue weighted by atomic mass is 10.3. The van der Waals surface area contributed by atoms with E-state index in [1.54, 1.807) is 7.05 Å². The van der Waals surface area contributed by atoms with Crippen molar-refractivity contribution in [1.82, 2.24) is 19.6 Å². The van der Waals surface area contributed by atoms with Crippen LogP contribution in [0.3, 0.4) is 0 Å². The lowest BCUT2D eigenvalue weighted by Crippen LogP contribution is -2.20. The van der Waals surface area contributed by atoms with E-state index in [1.165, 1.54) is 21.8 Å². The molecule has 8 nitrogen and oxygen atoms in total. The molecule has 20 heavy (non-hydrogen) atoms. The number of amides is 2. The summed E-state index contributed by atoms with van der Waals surface area (Å²) < 4.78 is 2.84. The third-order valence-electron chi connectivity index (χ3n) is 2.68. The van der Waals surface area contributed by atoms with E-state index in [9.17, 15) is 9.59 Å². The molecule has 3 N–H and O–H groups in total. The molecule has 0 aromatic carbocycles. The van der Waals surface area contributed by atoms with Crippen molar-refractivity contribution in [2.24, 2.45) is 12.8 Å². The maximum absolute atomic E-state index is 12.1. The Balaban J connectivity index is 2.32. The van der Waals surface area contributed by atoms with Crippen LogP contribution < -0.4 is 11.1 Å². The fourth-order valence-electron chi connectivity index (χ4n) is 1.70. The van der Waals surface area contributed by atoms with E-state index in [1.807, 2.05) is 6.92 Å². The number of nitrogens with zero attached hydrogens (tertiary/aromatic N) is 4. The highest BCUT2D eigenvalue weighted by Gasteiger charge is 2.20. The van der Waals surface area contributed by atoms with E-state index in [-0.39, 0.29) is 22.1 Å². The molecule has 0 aliphatic rings. The fourth-order valence-corrected chi connectivity index (χ4v) is 1.96. The highest BCUT2D eigenvalue weighted by Crippen LogP contribution is 2.18. The second-order valence-corrected chi connectivity index (χ2v) is 4.44. The zero-order valence-corrected chi connectivity index (χ0v) is 11.7. The van der Waals surface area contributed by atoms with Crippen LogP contribution in [0.15, 0.2) is 12.4 Å². The molecule has 0 aliphatic carbocycles. The van der Waals surface area contributed by atoms with Gasteiger partial charge in [0.1, 0.15) is 5.69 Å². The summed E-state index contributed by atoms with van der Waals surface area (Å²) in [5.74, 6) is -1.21. The van der Waals surface area contributed by atoms with Crippen LogP contribution in [0, 0.1) is 0 Å². The molecule has 0 radical (unpaired) electrons. The van der Waals surface area contributed by atoms with E-state index in [2.05, 4.69) is 15.5 Å². The monoisotopic (exact) mass is 296 g/mol. The van der Waals surface area contributed by atoms with Crippen molar-refractivity contribution >= 4 is 29.1 Å². The maximum Gasteiger partial charge on any atom is 0.275 e. The summed E-state index contributed by atoms with van der Waals surface area (Å²) in [5, 5.41) is 10.6. The molecule has 0 aliphatic heterocycles. The summed E-state index contributed by atoms with van der Waals surface area (Å²) in [4.78, 5) is 23.4. The van der Waals surface area contributed by atoms with Gasteiger partial charge in [0, 0.05) is 19.8 Å². The van der Waals surface area contributed by atoms with E-state index in [0.29, 0.717) is 6.54 Å². The molecule has 9 heteroatoms. The van der Waals surface area contributed by atoms with Crippen molar-refractivity contribution in [3.8, 4) is 0 Å². The summed E-state index contributed by atoms with van der Waals surface area (Å²) in [6.45, 7) is 2.39. The van der Waals surface area contributed by atoms with Gasteiger partial charge in [-0.25, -0.2) is 0 Å². The SMILES string of the molecule is CCn1cc(NC(=O)c2c(Cl)cnn2C)c(C(N)=O)n1. The lowest BCUT2D eigenvalue weighted by Gasteiger charge is -2.04. The van der Waals surface area contributed by atoms with Crippen molar-refractivity contribution in [3.63, 3.8) is 0 Å². The number of nitrogens with two attached hydrogens (primary N) is 1. The van der Waals surface area contributed by atoms with E-state index < -0.39 is 11.8 Å². The van der Waals surface area contributed by atoms with Crippen LogP contribution in [-0.2, 0) is 13.6 Å². The number of aryl methyl sites for hydroxylation is 2. The van der Waals surface area contributed by atoms with Gasteiger partial charge in [-0.15, -0.1) is 0 Å². The van der Waals surface area contributed by atoms with Crippen LogP contribution in [0.25, 0.3) is 0 Å². The first kappa shape index (κ1) is 14.1. The van der Waals surface area contributed by atoms with Gasteiger partial charge in [-0.2, -0.15) is 10.2 Å². The van der Waals surface area contributed by atoms with Gasteiger partial charge in [0.05, 0.1) is 16.9 Å². The molecule has 0 atom stereocenters. The zero-order chi connectivity index (χ0) is 14.9. The molecular weight excluding hydrogens is 284 g/mol. The predicted octanol–water partition coefficient (Wildman–Crippen LogP) is 0.641. The Morgan fingerprint density at radius 1 is 1.50 bits per heavy atom. The lowest BCUT2D eigenvalue weighted by molar-refractivity contribution is 0.0995. The predicted molar refractivity (Wildman–Crippen MR) is 72.6 cm³/mol. The summed E-state index contributed by atoms with van der Waals surface area (Å²) in [6, 6.07) is 0. The Hall–Kier alpha value is -2.35. The first-order valence-electron chi connectivity index (χ1n) is 5.80. The van der Waals surface area contributed by atoms with Gasteiger partial charge >= 0.3 is 0 Å². The molecule has 0 fully saturated rings. The highest BCUT2D eigenvalue weighted by molar-refractivity contribution is 6.34. The number of carbonyl (C=O) groups excluding carboxylic acids is 2. The number of carbonyl (C=O) groups is 2. The van der Waals surface area contributed by atoms with Crippen LogP contribution in [0.1, 0.15) is 27.9 Å². The Labute approximate surface area is 119 Å². The Bertz CT molecular complexity index is 655. The summed E-state index contributed by atoms with van der Waals surface area (Å²) in [6.07, 6.45) is 2.89. The molecule has 0 unspecified atom stereocenters. The normalized spacial score (nSPS) is 10.6. The van der Waals surface area contributed by atoms with Crippen LogP contribution >= 0.6 is 11.6 Å². The second-order valence-electron chi connectivity index (χ2n) is 4.03. The molecule has 0 saturated carbocycles. The number of primary amides is 1. The maximum atomic E-state index is 12.1. The quantitative estimate of drug-likeness (QED) is 0.863. The van der Waals surface area contributed by atoms with Gasteiger partial charge in [0.25, 0.3) is 11.8 Å². The minimum atomic E-state index is -0.719. The van der Waals surface area contributed by atoms with Crippen LogP contribution in [-0.4, -0.2) is 31.4 Å². The summed E-state index contributed by atoms with van der Waals surface area (Å²) in [5.41, 5.74) is 5.65. The van der Waals surface area contributed by atoms with Gasteiger partial charge in [-0.1, -0.05) is 11.6 Å². The molecule has 0 spiro atoms. The number of anilines is 1. The molecule has 2 amide bonds. The van der Waals surface area contributed by atoms with Gasteiger partial charge < -0.3 is 11.1 Å². The first-order chi connectivity index (χ1) is 9.43. The van der Waals surface area contributed by atoms with Gasteiger partial charge in [-0.3, -0.25) is 19.0 Å². The number of rotatable bonds is 4. The number of nitrogens with one attached hydrogen (secondary N) is 1. The number of hydrogen-bond acceptors (Lipinski definition) is 4. The summed E-state index contributed by atoms with van der Waals surface area (Å²) in [7, 11) is 1.59. The summed E-state index contributed by atoms with van der Waals surface area (Å²) >= 11 is 5.88. The van der Waals surface area contributed by atoms with E-state index in [4.69, 9.17) is 17.3 Å². The Morgan fingerprint density at radius 2 is 2.20 bits per heavy atom. The fraction of sp³-hybridized carbons (Fsp3) is 0.273. The van der Waals surface area contributed by atoms with Crippen LogP contribution in [0.5, 0.6) is 0 Å². The zero-order valence-electron chi connectivity index (χ0n) is 10.9. The van der Waals surface area contributed by atoms with E-state index in [0.717, 1.165) is 0 Å². The second kappa shape index (κ2) is 5.33. The largest absolute Gasteiger partial charge is 0.364 e. The van der Waals surface area contributed by atoms with Crippen molar-refractivity contribution in [1.29, 1.82) is 0 Å². The van der Waals surface area contributed by atoms with Gasteiger partial charge in [0.2, 0.25) is 0 Å². The molecule has 2 heterocycles. The molecule has 0 bridgehead atoms. The molecule has 2 rings (SSSR count). The Morgan fingerprint density at radius 3 is 2.70 bits per heavy atom. The van der Waals surface area contributed by atoms with Crippen molar-refractivity contribution in [2.75, 3.05) is 5.32 Å². The third kappa shape index (κ3) is 2.50. The molecule has 106 valence electrons.